The van der Waals surface area contributed by atoms with Gasteiger partial charge in [-0.15, -0.1) is 0 Å². The van der Waals surface area contributed by atoms with Gasteiger partial charge in [-0.2, -0.15) is 0 Å². The minimum atomic E-state index is -0.0839. The van der Waals surface area contributed by atoms with Crippen molar-refractivity contribution in [1.29, 1.82) is 0 Å². The van der Waals surface area contributed by atoms with Crippen molar-refractivity contribution in [2.45, 2.75) is 60.5 Å². The van der Waals surface area contributed by atoms with Gasteiger partial charge in [0.2, 0.25) is 5.91 Å². The molecule has 0 atom stereocenters. The molecule has 0 aromatic heterocycles. The number of benzene rings is 1. The van der Waals surface area contributed by atoms with Crippen LogP contribution in [0.15, 0.2) is 18.2 Å². The smallest absolute Gasteiger partial charge is 0.317 e. The SMILES string of the molecule is CCNC(=O)N(Cc1cc(NC(=O)CC(C)(C)C)ccc1N(C)C)C(C)C. The molecule has 27 heavy (non-hydrogen) atoms. The van der Waals surface area contributed by atoms with Crippen LogP contribution in [0.25, 0.3) is 0 Å². The Labute approximate surface area is 164 Å². The monoisotopic (exact) mass is 376 g/mol. The lowest BCUT2D eigenvalue weighted by atomic mass is 9.92. The van der Waals surface area contributed by atoms with Crippen LogP contribution in [0.3, 0.4) is 0 Å². The lowest BCUT2D eigenvalue weighted by molar-refractivity contribution is -0.117. The van der Waals surface area contributed by atoms with E-state index in [1.807, 2.05) is 78.7 Å². The summed E-state index contributed by atoms with van der Waals surface area (Å²) in [6.07, 6.45) is 0.453. The second kappa shape index (κ2) is 9.62. The maximum absolute atomic E-state index is 12.4. The van der Waals surface area contributed by atoms with Gasteiger partial charge in [0.05, 0.1) is 0 Å². The summed E-state index contributed by atoms with van der Waals surface area (Å²) in [5, 5.41) is 5.86. The highest BCUT2D eigenvalue weighted by Gasteiger charge is 2.20. The van der Waals surface area contributed by atoms with Crippen molar-refractivity contribution in [2.75, 3.05) is 30.9 Å². The fourth-order valence-electron chi connectivity index (χ4n) is 2.84. The third kappa shape index (κ3) is 7.49. The van der Waals surface area contributed by atoms with Crippen LogP contribution in [-0.4, -0.2) is 43.5 Å². The van der Waals surface area contributed by atoms with Crippen LogP contribution in [0.5, 0.6) is 0 Å². The van der Waals surface area contributed by atoms with E-state index in [1.54, 1.807) is 4.90 Å². The fraction of sp³-hybridized carbons (Fsp3) is 0.619. The third-order valence-electron chi connectivity index (χ3n) is 4.09. The van der Waals surface area contributed by atoms with Gasteiger partial charge in [0.1, 0.15) is 0 Å². The number of rotatable bonds is 7. The molecule has 0 heterocycles. The average molecular weight is 377 g/mol. The summed E-state index contributed by atoms with van der Waals surface area (Å²) in [6, 6.07) is 5.83. The number of anilines is 2. The first kappa shape index (κ1) is 22.8. The second-order valence-electron chi connectivity index (χ2n) is 8.58. The molecule has 1 aromatic rings. The lowest BCUT2D eigenvalue weighted by Gasteiger charge is -2.29. The van der Waals surface area contributed by atoms with E-state index < -0.39 is 0 Å². The van der Waals surface area contributed by atoms with Gasteiger partial charge < -0.3 is 20.4 Å². The topological polar surface area (TPSA) is 64.7 Å². The van der Waals surface area contributed by atoms with E-state index in [4.69, 9.17) is 0 Å². The minimum absolute atomic E-state index is 0.00417. The quantitative estimate of drug-likeness (QED) is 0.754. The number of amides is 3. The van der Waals surface area contributed by atoms with Crippen molar-refractivity contribution in [3.8, 4) is 0 Å². The van der Waals surface area contributed by atoms with Crippen LogP contribution in [0.4, 0.5) is 16.2 Å². The number of nitrogens with zero attached hydrogens (tertiary/aromatic N) is 2. The predicted molar refractivity (Wildman–Crippen MR) is 113 cm³/mol. The number of nitrogens with one attached hydrogen (secondary N) is 2. The van der Waals surface area contributed by atoms with Gasteiger partial charge in [-0.1, -0.05) is 20.8 Å². The zero-order valence-corrected chi connectivity index (χ0v) is 18.1. The van der Waals surface area contributed by atoms with Crippen molar-refractivity contribution in [3.05, 3.63) is 23.8 Å². The lowest BCUT2D eigenvalue weighted by Crippen LogP contribution is -2.43. The largest absolute Gasteiger partial charge is 0.377 e. The summed E-state index contributed by atoms with van der Waals surface area (Å²) in [6.45, 7) is 13.1. The molecular weight excluding hydrogens is 340 g/mol. The Morgan fingerprint density at radius 2 is 1.78 bits per heavy atom. The van der Waals surface area contributed by atoms with Gasteiger partial charge in [-0.3, -0.25) is 4.79 Å². The summed E-state index contributed by atoms with van der Waals surface area (Å²) >= 11 is 0. The highest BCUT2D eigenvalue weighted by molar-refractivity contribution is 5.91. The van der Waals surface area contributed by atoms with Gasteiger partial charge in [0, 0.05) is 51.0 Å². The van der Waals surface area contributed by atoms with Crippen LogP contribution in [0.2, 0.25) is 0 Å². The minimum Gasteiger partial charge on any atom is -0.377 e. The molecule has 0 saturated heterocycles. The number of hydrogen-bond acceptors (Lipinski definition) is 3. The highest BCUT2D eigenvalue weighted by atomic mass is 16.2. The van der Waals surface area contributed by atoms with Crippen molar-refractivity contribution in [2.24, 2.45) is 5.41 Å². The average Bonchev–Trinajstić information content (AvgIpc) is 2.50. The molecule has 0 aliphatic heterocycles. The van der Waals surface area contributed by atoms with Gasteiger partial charge in [0.15, 0.2) is 0 Å². The second-order valence-corrected chi connectivity index (χ2v) is 8.58. The molecule has 1 rings (SSSR count). The van der Waals surface area contributed by atoms with Crippen molar-refractivity contribution in [3.63, 3.8) is 0 Å². The van der Waals surface area contributed by atoms with E-state index in [0.29, 0.717) is 19.5 Å². The molecule has 152 valence electrons. The maximum atomic E-state index is 12.4. The number of urea groups is 1. The van der Waals surface area contributed by atoms with Crippen LogP contribution in [-0.2, 0) is 11.3 Å². The Hall–Kier alpha value is -2.24. The molecule has 0 spiro atoms. The van der Waals surface area contributed by atoms with Gasteiger partial charge in [-0.05, 0) is 49.9 Å². The molecule has 6 nitrogen and oxygen atoms in total. The molecule has 0 unspecified atom stereocenters. The van der Waals surface area contributed by atoms with E-state index >= 15 is 0 Å². The molecule has 0 bridgehead atoms. The molecule has 0 aliphatic rings. The standard InChI is InChI=1S/C21H36N4O2/c1-9-22-20(27)25(15(2)3)14-16-12-17(10-11-18(16)24(7)8)23-19(26)13-21(4,5)6/h10-12,15H,9,13-14H2,1-8H3,(H,22,27)(H,23,26). The predicted octanol–water partition coefficient (Wildman–Crippen LogP) is 4.07. The van der Waals surface area contributed by atoms with Gasteiger partial charge in [-0.25, -0.2) is 4.79 Å². The Balaban J connectivity index is 3.11. The molecule has 6 heteroatoms. The Morgan fingerprint density at radius 3 is 2.26 bits per heavy atom. The number of carbonyl (C=O) groups excluding carboxylic acids is 2. The number of carbonyl (C=O) groups is 2. The first-order valence-electron chi connectivity index (χ1n) is 9.59. The Kier molecular flexibility index (Phi) is 8.13. The zero-order chi connectivity index (χ0) is 20.8. The van der Waals surface area contributed by atoms with E-state index in [0.717, 1.165) is 16.9 Å². The first-order chi connectivity index (χ1) is 12.4. The van der Waals surface area contributed by atoms with Crippen molar-refractivity contribution >= 4 is 23.3 Å². The Bertz CT molecular complexity index is 648. The van der Waals surface area contributed by atoms with Crippen molar-refractivity contribution < 1.29 is 9.59 Å². The molecule has 3 amide bonds. The summed E-state index contributed by atoms with van der Waals surface area (Å²) < 4.78 is 0. The third-order valence-corrected chi connectivity index (χ3v) is 4.09. The first-order valence-corrected chi connectivity index (χ1v) is 9.59. The van der Waals surface area contributed by atoms with Crippen molar-refractivity contribution in [1.82, 2.24) is 10.2 Å². The maximum Gasteiger partial charge on any atom is 0.317 e. The van der Waals surface area contributed by atoms with E-state index in [9.17, 15) is 9.59 Å². The normalized spacial score (nSPS) is 11.3. The number of hydrogen-bond donors (Lipinski definition) is 2. The molecule has 0 fully saturated rings. The summed E-state index contributed by atoms with van der Waals surface area (Å²) in [5.41, 5.74) is 2.71. The highest BCUT2D eigenvalue weighted by Crippen LogP contribution is 2.26. The molecule has 0 saturated carbocycles. The Morgan fingerprint density at radius 1 is 1.15 bits per heavy atom. The molecule has 0 radical (unpaired) electrons. The van der Waals surface area contributed by atoms with E-state index in [1.165, 1.54) is 0 Å². The molecule has 1 aromatic carbocycles. The fourth-order valence-corrected chi connectivity index (χ4v) is 2.84. The summed E-state index contributed by atoms with van der Waals surface area (Å²) in [7, 11) is 3.95. The zero-order valence-electron chi connectivity index (χ0n) is 18.1. The van der Waals surface area contributed by atoms with Crippen LogP contribution in [0, 0.1) is 5.41 Å². The van der Waals surface area contributed by atoms with Gasteiger partial charge >= 0.3 is 6.03 Å². The molecule has 0 aliphatic carbocycles. The van der Waals surface area contributed by atoms with Crippen LogP contribution >= 0.6 is 0 Å². The molecular formula is C21H36N4O2. The van der Waals surface area contributed by atoms with E-state index in [2.05, 4.69) is 10.6 Å². The van der Waals surface area contributed by atoms with Crippen LogP contribution in [0.1, 0.15) is 53.5 Å². The molecule has 2 N–H and O–H groups in total. The van der Waals surface area contributed by atoms with Gasteiger partial charge in [0.25, 0.3) is 0 Å². The van der Waals surface area contributed by atoms with Crippen LogP contribution < -0.4 is 15.5 Å². The summed E-state index contributed by atoms with van der Waals surface area (Å²) in [5.74, 6) is -0.00417. The van der Waals surface area contributed by atoms with E-state index in [-0.39, 0.29) is 23.4 Å². The summed E-state index contributed by atoms with van der Waals surface area (Å²) in [4.78, 5) is 28.5.